The minimum absolute atomic E-state index is 0.134. The molecule has 74 valence electrons. The zero-order valence-electron chi connectivity index (χ0n) is 7.90. The molecule has 0 atom stereocenters. The van der Waals surface area contributed by atoms with Gasteiger partial charge in [-0.2, -0.15) is 0 Å². The molecule has 0 saturated heterocycles. The fourth-order valence-electron chi connectivity index (χ4n) is 1.01. The molecule has 0 unspecified atom stereocenters. The van der Waals surface area contributed by atoms with E-state index < -0.39 is 21.7 Å². The Balaban J connectivity index is 3.32. The van der Waals surface area contributed by atoms with Crippen molar-refractivity contribution >= 4 is 15.7 Å². The molecule has 0 heterocycles. The summed E-state index contributed by atoms with van der Waals surface area (Å²) < 4.78 is 26.3. The van der Waals surface area contributed by atoms with E-state index in [4.69, 9.17) is 5.73 Å². The van der Waals surface area contributed by atoms with Gasteiger partial charge in [0.2, 0.25) is 0 Å². The average Bonchev–Trinajstić information content (AvgIpc) is 1.94. The molecule has 0 aliphatic rings. The summed E-state index contributed by atoms with van der Waals surface area (Å²) in [6, 6.07) is 2.24. The normalized spacial score (nSPS) is 13.0. The van der Waals surface area contributed by atoms with Crippen molar-refractivity contribution in [1.82, 2.24) is 0 Å². The van der Waals surface area contributed by atoms with Crippen molar-refractivity contribution in [3.63, 3.8) is 0 Å². The van der Waals surface area contributed by atoms with E-state index >= 15 is 0 Å². The maximum absolute atomic E-state index is 13.3. The highest BCUT2D eigenvalue weighted by Gasteiger charge is 2.16. The molecule has 1 nitrogen and oxygen atoms in total. The van der Waals surface area contributed by atoms with E-state index in [1.54, 1.807) is 0 Å². The van der Waals surface area contributed by atoms with Gasteiger partial charge in [0.05, 0.1) is 5.69 Å². The van der Waals surface area contributed by atoms with Gasteiger partial charge in [-0.05, 0) is 24.8 Å². The highest BCUT2D eigenvalue weighted by atomic mass is 32.3. The molecule has 1 aromatic carbocycles. The van der Waals surface area contributed by atoms with E-state index in [0.29, 0.717) is 4.90 Å². The first kappa shape index (κ1) is 10.3. The lowest BCUT2D eigenvalue weighted by Crippen LogP contribution is -2.00. The molecular weight excluding hydrogens is 192 g/mol. The van der Waals surface area contributed by atoms with Gasteiger partial charge in [-0.1, -0.05) is 0 Å². The van der Waals surface area contributed by atoms with Gasteiger partial charge in [0.15, 0.2) is 0 Å². The Hall–Kier alpha value is -0.770. The van der Waals surface area contributed by atoms with Crippen LogP contribution in [0.15, 0.2) is 17.0 Å². The predicted molar refractivity (Wildman–Crippen MR) is 54.4 cm³/mol. The molecule has 0 aromatic heterocycles. The van der Waals surface area contributed by atoms with Gasteiger partial charge >= 0.3 is 0 Å². The van der Waals surface area contributed by atoms with Crippen LogP contribution in [0.2, 0.25) is 0 Å². The Labute approximate surface area is 78.3 Å². The molecule has 0 spiro atoms. The number of benzene rings is 1. The summed E-state index contributed by atoms with van der Waals surface area (Å²) in [6.07, 6.45) is 5.71. The molecule has 2 N–H and O–H groups in total. The van der Waals surface area contributed by atoms with Crippen molar-refractivity contribution in [2.75, 3.05) is 24.5 Å². The molecule has 0 aliphatic heterocycles. The van der Waals surface area contributed by atoms with Crippen molar-refractivity contribution in [1.29, 1.82) is 0 Å². The molecule has 4 heteroatoms. The number of nitrogen functional groups attached to an aromatic ring is 1. The minimum Gasteiger partial charge on any atom is -0.396 e. The third-order valence-corrected chi connectivity index (χ3v) is 3.34. The first-order chi connectivity index (χ1) is 5.82. The van der Waals surface area contributed by atoms with E-state index in [1.165, 1.54) is 6.07 Å². The van der Waals surface area contributed by atoms with Crippen LogP contribution in [0.1, 0.15) is 0 Å². The largest absolute Gasteiger partial charge is 0.396 e. The minimum atomic E-state index is -1.24. The molecule has 0 amide bonds. The highest BCUT2D eigenvalue weighted by molar-refractivity contribution is 8.32. The first-order valence-electron chi connectivity index (χ1n) is 3.75. The fourth-order valence-corrected chi connectivity index (χ4v) is 2.11. The number of anilines is 1. The Morgan fingerprint density at radius 2 is 1.62 bits per heavy atom. The van der Waals surface area contributed by atoms with Gasteiger partial charge in [0, 0.05) is 11.0 Å². The zero-order valence-corrected chi connectivity index (χ0v) is 8.71. The van der Waals surface area contributed by atoms with Crippen LogP contribution in [-0.2, 0) is 0 Å². The monoisotopic (exact) mass is 205 g/mol. The second kappa shape index (κ2) is 3.18. The SMILES string of the molecule is CS(C)(C)c1cc(F)c(N)cc1F. The molecule has 1 aromatic rings. The van der Waals surface area contributed by atoms with Crippen LogP contribution < -0.4 is 5.73 Å². The summed E-state index contributed by atoms with van der Waals surface area (Å²) in [7, 11) is -1.24. The van der Waals surface area contributed by atoms with Crippen LogP contribution in [-0.4, -0.2) is 18.8 Å². The summed E-state index contributed by atoms with van der Waals surface area (Å²) in [4.78, 5) is 0.430. The maximum atomic E-state index is 13.3. The summed E-state index contributed by atoms with van der Waals surface area (Å²) in [6.45, 7) is 0. The molecule has 0 radical (unpaired) electrons. The third kappa shape index (κ3) is 2.12. The maximum Gasteiger partial charge on any atom is 0.147 e. The van der Waals surface area contributed by atoms with Gasteiger partial charge in [-0.15, -0.1) is 0 Å². The Morgan fingerprint density at radius 1 is 1.08 bits per heavy atom. The van der Waals surface area contributed by atoms with Gasteiger partial charge < -0.3 is 5.73 Å². The van der Waals surface area contributed by atoms with Crippen molar-refractivity contribution in [3.8, 4) is 0 Å². The lowest BCUT2D eigenvalue weighted by molar-refractivity contribution is 0.579. The molecule has 0 aliphatic carbocycles. The van der Waals surface area contributed by atoms with E-state index in [0.717, 1.165) is 6.07 Å². The van der Waals surface area contributed by atoms with Crippen molar-refractivity contribution in [3.05, 3.63) is 23.8 Å². The van der Waals surface area contributed by atoms with Crippen LogP contribution in [0.5, 0.6) is 0 Å². The number of rotatable bonds is 1. The standard InChI is InChI=1S/C9H13F2NS/c1-13(2,3)9-5-6(10)8(12)4-7(9)11/h4-5H,12H2,1-3H3. The summed E-state index contributed by atoms with van der Waals surface area (Å²) in [5.41, 5.74) is 5.09. The van der Waals surface area contributed by atoms with E-state index in [-0.39, 0.29) is 5.69 Å². The topological polar surface area (TPSA) is 26.0 Å². The second-order valence-electron chi connectivity index (χ2n) is 3.64. The number of nitrogens with two attached hydrogens (primary N) is 1. The predicted octanol–water partition coefficient (Wildman–Crippen LogP) is 2.60. The van der Waals surface area contributed by atoms with Crippen LogP contribution in [0.4, 0.5) is 14.5 Å². The summed E-state index contributed by atoms with van der Waals surface area (Å²) in [5.74, 6) is -0.958. The van der Waals surface area contributed by atoms with Crippen molar-refractivity contribution < 1.29 is 8.78 Å². The lowest BCUT2D eigenvalue weighted by atomic mass is 10.3. The number of hydrogen-bond acceptors (Lipinski definition) is 1. The Kier molecular flexibility index (Phi) is 2.52. The lowest BCUT2D eigenvalue weighted by Gasteiger charge is -2.26. The van der Waals surface area contributed by atoms with Crippen LogP contribution >= 0.6 is 10.0 Å². The molecule has 0 bridgehead atoms. The Bertz CT molecular complexity index is 331. The highest BCUT2D eigenvalue weighted by Crippen LogP contribution is 2.47. The number of hydrogen-bond donors (Lipinski definition) is 1. The zero-order chi connectivity index (χ0) is 10.2. The van der Waals surface area contributed by atoms with E-state index in [9.17, 15) is 8.78 Å². The van der Waals surface area contributed by atoms with Gasteiger partial charge in [-0.3, -0.25) is 0 Å². The van der Waals surface area contributed by atoms with E-state index in [2.05, 4.69) is 0 Å². The average molecular weight is 205 g/mol. The molecule has 0 saturated carbocycles. The molecule has 0 fully saturated rings. The third-order valence-electron chi connectivity index (χ3n) is 1.71. The van der Waals surface area contributed by atoms with Gasteiger partial charge in [0.1, 0.15) is 11.6 Å². The molecule has 13 heavy (non-hydrogen) atoms. The van der Waals surface area contributed by atoms with E-state index in [1.807, 2.05) is 18.8 Å². The fraction of sp³-hybridized carbons (Fsp3) is 0.333. The summed E-state index contributed by atoms with van der Waals surface area (Å²) >= 11 is 0. The molecule has 1 rings (SSSR count). The quantitative estimate of drug-likeness (QED) is 0.701. The van der Waals surface area contributed by atoms with Crippen LogP contribution in [0, 0.1) is 11.6 Å². The van der Waals surface area contributed by atoms with Gasteiger partial charge in [-0.25, -0.2) is 18.8 Å². The summed E-state index contributed by atoms with van der Waals surface area (Å²) in [5, 5.41) is 0. The second-order valence-corrected chi connectivity index (χ2v) is 7.76. The van der Waals surface area contributed by atoms with Crippen molar-refractivity contribution in [2.24, 2.45) is 0 Å². The van der Waals surface area contributed by atoms with Crippen molar-refractivity contribution in [2.45, 2.75) is 4.90 Å². The smallest absolute Gasteiger partial charge is 0.147 e. The molecular formula is C9H13F2NS. The first-order valence-corrected chi connectivity index (χ1v) is 6.61. The van der Waals surface area contributed by atoms with Gasteiger partial charge in [0.25, 0.3) is 0 Å². The Morgan fingerprint density at radius 3 is 2.08 bits per heavy atom. The number of halogens is 2. The van der Waals surface area contributed by atoms with Crippen LogP contribution in [0.25, 0.3) is 0 Å². The van der Waals surface area contributed by atoms with Crippen LogP contribution in [0.3, 0.4) is 0 Å².